The summed E-state index contributed by atoms with van der Waals surface area (Å²) in [7, 11) is 0. The Bertz CT molecular complexity index is 875. The molecule has 0 radical (unpaired) electrons. The molecule has 0 unspecified atom stereocenters. The molecule has 0 spiro atoms. The van der Waals surface area contributed by atoms with Gasteiger partial charge in [-0.3, -0.25) is 0 Å². The monoisotopic (exact) mass is 276 g/mol. The molecule has 0 aliphatic heterocycles. The van der Waals surface area contributed by atoms with Crippen LogP contribution in [0, 0.1) is 0 Å². The molecule has 2 aromatic carbocycles. The van der Waals surface area contributed by atoms with Crippen LogP contribution in [0.25, 0.3) is 28.2 Å². The fraction of sp³-hybridized carbons (Fsp3) is 0. The number of hydrogen-bond donors (Lipinski definition) is 1. The molecule has 2 heterocycles. The van der Waals surface area contributed by atoms with Crippen molar-refractivity contribution >= 4 is 11.1 Å². The Labute approximate surface area is 120 Å². The van der Waals surface area contributed by atoms with E-state index in [-0.39, 0.29) is 5.75 Å². The lowest BCUT2D eigenvalue weighted by Crippen LogP contribution is -1.90. The summed E-state index contributed by atoms with van der Waals surface area (Å²) >= 11 is 0. The predicted molar refractivity (Wildman–Crippen MR) is 80.4 cm³/mol. The van der Waals surface area contributed by atoms with Crippen molar-refractivity contribution in [3.63, 3.8) is 0 Å². The van der Waals surface area contributed by atoms with Crippen molar-refractivity contribution < 1.29 is 9.52 Å². The molecule has 4 rings (SSSR count). The zero-order valence-corrected chi connectivity index (χ0v) is 11.1. The minimum absolute atomic E-state index is 0.150. The molecule has 0 atom stereocenters. The molecule has 21 heavy (non-hydrogen) atoms. The quantitative estimate of drug-likeness (QED) is 0.602. The number of fused-ring (bicyclic) bond motifs is 1. The maximum Gasteiger partial charge on any atom is 0.231 e. The van der Waals surface area contributed by atoms with Gasteiger partial charge in [0.1, 0.15) is 11.3 Å². The van der Waals surface area contributed by atoms with E-state index in [0.29, 0.717) is 17.0 Å². The second-order valence-corrected chi connectivity index (χ2v) is 4.78. The van der Waals surface area contributed by atoms with E-state index in [1.807, 2.05) is 65.5 Å². The van der Waals surface area contributed by atoms with Gasteiger partial charge in [-0.05, 0) is 42.5 Å². The second kappa shape index (κ2) is 4.52. The fourth-order valence-electron chi connectivity index (χ4n) is 2.35. The Hall–Kier alpha value is -3.01. The number of rotatable bonds is 2. The third-order valence-corrected chi connectivity index (χ3v) is 3.41. The number of phenolic OH excluding ortho intramolecular Hbond substituents is 1. The molecule has 102 valence electrons. The average molecular weight is 276 g/mol. The van der Waals surface area contributed by atoms with E-state index in [1.165, 1.54) is 0 Å². The first-order valence-electron chi connectivity index (χ1n) is 6.63. The van der Waals surface area contributed by atoms with Crippen molar-refractivity contribution in [3.05, 3.63) is 67.0 Å². The lowest BCUT2D eigenvalue weighted by atomic mass is 10.1. The average Bonchev–Trinajstić information content (AvgIpc) is 3.17. The highest BCUT2D eigenvalue weighted by Crippen LogP contribution is 2.32. The molecule has 4 heteroatoms. The van der Waals surface area contributed by atoms with Crippen LogP contribution in [0.5, 0.6) is 5.75 Å². The molecule has 0 fully saturated rings. The Morgan fingerprint density at radius 2 is 1.76 bits per heavy atom. The Kier molecular flexibility index (Phi) is 2.54. The van der Waals surface area contributed by atoms with Gasteiger partial charge in [0.2, 0.25) is 5.89 Å². The number of nitrogens with zero attached hydrogens (tertiary/aromatic N) is 2. The Balaban J connectivity index is 1.89. The van der Waals surface area contributed by atoms with E-state index in [1.54, 1.807) is 6.07 Å². The number of para-hydroxylation sites is 2. The van der Waals surface area contributed by atoms with Crippen LogP contribution in [0.4, 0.5) is 0 Å². The van der Waals surface area contributed by atoms with Gasteiger partial charge < -0.3 is 14.1 Å². The second-order valence-electron chi connectivity index (χ2n) is 4.78. The van der Waals surface area contributed by atoms with Crippen LogP contribution in [0.2, 0.25) is 0 Å². The maximum atomic E-state index is 10.1. The highest BCUT2D eigenvalue weighted by molar-refractivity contribution is 5.77. The van der Waals surface area contributed by atoms with E-state index in [0.717, 1.165) is 11.2 Å². The van der Waals surface area contributed by atoms with Gasteiger partial charge >= 0.3 is 0 Å². The summed E-state index contributed by atoms with van der Waals surface area (Å²) in [6.07, 6.45) is 3.89. The van der Waals surface area contributed by atoms with E-state index in [9.17, 15) is 5.11 Å². The number of aromatic nitrogens is 2. The van der Waals surface area contributed by atoms with Crippen LogP contribution < -0.4 is 0 Å². The van der Waals surface area contributed by atoms with Gasteiger partial charge in [0.15, 0.2) is 5.58 Å². The SMILES string of the molecule is Oc1ccc(-n2cccc2)cc1-c1nc2ccccc2o1. The first-order chi connectivity index (χ1) is 10.3. The smallest absolute Gasteiger partial charge is 0.231 e. The summed E-state index contributed by atoms with van der Waals surface area (Å²) in [5.41, 5.74) is 3.00. The van der Waals surface area contributed by atoms with Gasteiger partial charge in [0, 0.05) is 18.1 Å². The largest absolute Gasteiger partial charge is 0.507 e. The molecule has 1 N–H and O–H groups in total. The van der Waals surface area contributed by atoms with Gasteiger partial charge in [-0.2, -0.15) is 0 Å². The molecular formula is C17H12N2O2. The highest BCUT2D eigenvalue weighted by Gasteiger charge is 2.13. The predicted octanol–water partition coefficient (Wildman–Crippen LogP) is 3.99. The van der Waals surface area contributed by atoms with Crippen molar-refractivity contribution in [1.29, 1.82) is 0 Å². The van der Waals surface area contributed by atoms with Crippen molar-refractivity contribution in [2.45, 2.75) is 0 Å². The highest BCUT2D eigenvalue weighted by atomic mass is 16.3. The summed E-state index contributed by atoms with van der Waals surface area (Å²) < 4.78 is 7.69. The van der Waals surface area contributed by atoms with Gasteiger partial charge in [-0.25, -0.2) is 4.98 Å². The number of phenols is 1. The molecule has 2 aromatic heterocycles. The normalized spacial score (nSPS) is 11.0. The molecule has 0 bridgehead atoms. The number of oxazole rings is 1. The molecule has 0 saturated carbocycles. The van der Waals surface area contributed by atoms with Crippen LogP contribution in [0.1, 0.15) is 0 Å². The van der Waals surface area contributed by atoms with Crippen molar-refractivity contribution in [2.75, 3.05) is 0 Å². The third-order valence-electron chi connectivity index (χ3n) is 3.41. The molecular weight excluding hydrogens is 264 g/mol. The van der Waals surface area contributed by atoms with E-state index < -0.39 is 0 Å². The van der Waals surface area contributed by atoms with Gasteiger partial charge in [-0.15, -0.1) is 0 Å². The zero-order chi connectivity index (χ0) is 14.2. The lowest BCUT2D eigenvalue weighted by molar-refractivity contribution is 0.474. The molecule has 0 aliphatic rings. The molecule has 0 amide bonds. The van der Waals surface area contributed by atoms with Crippen LogP contribution in [0.15, 0.2) is 71.4 Å². The summed E-state index contributed by atoms with van der Waals surface area (Å²) in [6.45, 7) is 0. The van der Waals surface area contributed by atoms with E-state index in [2.05, 4.69) is 4.98 Å². The number of benzene rings is 2. The first kappa shape index (κ1) is 11.8. The van der Waals surface area contributed by atoms with Crippen molar-refractivity contribution in [3.8, 4) is 22.9 Å². The summed E-state index contributed by atoms with van der Waals surface area (Å²) in [5, 5.41) is 10.1. The standard InChI is InChI=1S/C17H12N2O2/c20-15-8-7-12(19-9-3-4-10-19)11-13(15)17-18-14-5-1-2-6-16(14)21-17/h1-11,20H. The summed E-state index contributed by atoms with van der Waals surface area (Å²) in [4.78, 5) is 4.43. The van der Waals surface area contributed by atoms with Crippen molar-refractivity contribution in [1.82, 2.24) is 9.55 Å². The van der Waals surface area contributed by atoms with Crippen LogP contribution in [-0.4, -0.2) is 14.7 Å². The zero-order valence-electron chi connectivity index (χ0n) is 11.1. The molecule has 4 nitrogen and oxygen atoms in total. The topological polar surface area (TPSA) is 51.2 Å². The minimum atomic E-state index is 0.150. The van der Waals surface area contributed by atoms with Crippen LogP contribution in [-0.2, 0) is 0 Å². The first-order valence-corrected chi connectivity index (χ1v) is 6.63. The summed E-state index contributed by atoms with van der Waals surface area (Å²) in [6, 6.07) is 16.8. The molecule has 0 saturated heterocycles. The van der Waals surface area contributed by atoms with E-state index >= 15 is 0 Å². The van der Waals surface area contributed by atoms with Crippen LogP contribution >= 0.6 is 0 Å². The third kappa shape index (κ3) is 1.97. The minimum Gasteiger partial charge on any atom is -0.507 e. The molecule has 0 aliphatic carbocycles. The van der Waals surface area contributed by atoms with Gasteiger partial charge in [0.25, 0.3) is 0 Å². The Morgan fingerprint density at radius 1 is 0.952 bits per heavy atom. The van der Waals surface area contributed by atoms with Crippen molar-refractivity contribution in [2.24, 2.45) is 0 Å². The fourth-order valence-corrected chi connectivity index (χ4v) is 2.35. The van der Waals surface area contributed by atoms with Crippen LogP contribution in [0.3, 0.4) is 0 Å². The number of aromatic hydroxyl groups is 1. The number of hydrogen-bond acceptors (Lipinski definition) is 3. The maximum absolute atomic E-state index is 10.1. The van der Waals surface area contributed by atoms with Gasteiger partial charge in [-0.1, -0.05) is 12.1 Å². The lowest BCUT2D eigenvalue weighted by Gasteiger charge is -2.06. The molecule has 4 aromatic rings. The van der Waals surface area contributed by atoms with Gasteiger partial charge in [0.05, 0.1) is 5.56 Å². The Morgan fingerprint density at radius 3 is 2.57 bits per heavy atom. The van der Waals surface area contributed by atoms with E-state index in [4.69, 9.17) is 4.42 Å². The summed E-state index contributed by atoms with van der Waals surface area (Å²) in [5.74, 6) is 0.570.